The monoisotopic (exact) mass is 226 g/mol. The molecule has 1 heterocycles. The van der Waals surface area contributed by atoms with E-state index in [9.17, 15) is 9.18 Å². The van der Waals surface area contributed by atoms with Gasteiger partial charge in [-0.25, -0.2) is 9.18 Å². The Morgan fingerprint density at radius 1 is 1.62 bits per heavy atom. The molecule has 86 valence electrons. The summed E-state index contributed by atoms with van der Waals surface area (Å²) in [5.74, 6) is -0.732. The minimum Gasteiger partial charge on any atom is -0.482 e. The fourth-order valence-corrected chi connectivity index (χ4v) is 1.42. The van der Waals surface area contributed by atoms with Gasteiger partial charge in [-0.05, 0) is 19.1 Å². The average molecular weight is 226 g/mol. The van der Waals surface area contributed by atoms with Crippen LogP contribution in [0.4, 0.5) is 4.39 Å². The number of esters is 1. The van der Waals surface area contributed by atoms with Crippen molar-refractivity contribution in [3.63, 3.8) is 0 Å². The Hall–Kier alpha value is -1.78. The van der Waals surface area contributed by atoms with Crippen LogP contribution in [0, 0.1) is 5.82 Å². The van der Waals surface area contributed by atoms with Crippen molar-refractivity contribution >= 4 is 5.97 Å². The number of halogens is 1. The maximum Gasteiger partial charge on any atom is 0.350 e. The molecule has 1 aliphatic rings. The number of hydrogen-bond acceptors (Lipinski definition) is 4. The normalized spacial score (nSPS) is 18.0. The predicted molar refractivity (Wildman–Crippen MR) is 52.9 cm³/mol. The van der Waals surface area contributed by atoms with E-state index in [1.165, 1.54) is 12.1 Å². The Kier molecular flexibility index (Phi) is 2.94. The molecule has 0 amide bonds. The van der Waals surface area contributed by atoms with Crippen molar-refractivity contribution in [3.05, 3.63) is 24.0 Å². The van der Waals surface area contributed by atoms with Gasteiger partial charge >= 0.3 is 5.97 Å². The largest absolute Gasteiger partial charge is 0.482 e. The molecular weight excluding hydrogens is 215 g/mol. The van der Waals surface area contributed by atoms with Crippen LogP contribution in [0.2, 0.25) is 0 Å². The Bertz CT molecular complexity index is 405. The number of fused-ring (bicyclic) bond motifs is 1. The summed E-state index contributed by atoms with van der Waals surface area (Å²) < 4.78 is 28.4. The smallest absolute Gasteiger partial charge is 0.350 e. The summed E-state index contributed by atoms with van der Waals surface area (Å²) in [7, 11) is 0. The van der Waals surface area contributed by atoms with Gasteiger partial charge in [0.05, 0.1) is 6.61 Å². The second-order valence-electron chi connectivity index (χ2n) is 3.24. The van der Waals surface area contributed by atoms with Gasteiger partial charge in [0.2, 0.25) is 6.10 Å². The Morgan fingerprint density at radius 2 is 2.44 bits per heavy atom. The van der Waals surface area contributed by atoms with Crippen LogP contribution in [-0.2, 0) is 9.53 Å². The van der Waals surface area contributed by atoms with Crippen molar-refractivity contribution in [1.82, 2.24) is 0 Å². The molecule has 0 N–H and O–H groups in total. The lowest BCUT2D eigenvalue weighted by Crippen LogP contribution is -2.38. The third-order valence-corrected chi connectivity index (χ3v) is 2.13. The SMILES string of the molecule is CCOC(=O)C1COc2c(F)cccc2O1. The van der Waals surface area contributed by atoms with Crippen LogP contribution >= 0.6 is 0 Å². The molecule has 0 saturated carbocycles. The van der Waals surface area contributed by atoms with Gasteiger partial charge in [0.25, 0.3) is 0 Å². The highest BCUT2D eigenvalue weighted by atomic mass is 19.1. The fraction of sp³-hybridized carbons (Fsp3) is 0.364. The second-order valence-corrected chi connectivity index (χ2v) is 3.24. The molecule has 1 aromatic carbocycles. The number of carbonyl (C=O) groups is 1. The van der Waals surface area contributed by atoms with Crippen molar-refractivity contribution < 1.29 is 23.4 Å². The summed E-state index contributed by atoms with van der Waals surface area (Å²) in [6.07, 6.45) is -0.825. The molecule has 5 heteroatoms. The van der Waals surface area contributed by atoms with E-state index in [-0.39, 0.29) is 24.7 Å². The molecule has 4 nitrogen and oxygen atoms in total. The van der Waals surface area contributed by atoms with Crippen molar-refractivity contribution in [2.75, 3.05) is 13.2 Å². The summed E-state index contributed by atoms with van der Waals surface area (Å²) in [6.45, 7) is 1.94. The lowest BCUT2D eigenvalue weighted by molar-refractivity contribution is -0.154. The molecule has 1 aliphatic heterocycles. The van der Waals surface area contributed by atoms with Crippen LogP contribution in [0.3, 0.4) is 0 Å². The molecule has 0 bridgehead atoms. The molecule has 2 rings (SSSR count). The predicted octanol–water partition coefficient (Wildman–Crippen LogP) is 1.53. The van der Waals surface area contributed by atoms with Gasteiger partial charge in [0.15, 0.2) is 17.3 Å². The number of para-hydroxylation sites is 1. The first-order valence-corrected chi connectivity index (χ1v) is 4.97. The highest BCUT2D eigenvalue weighted by molar-refractivity contribution is 5.75. The number of hydrogen-bond donors (Lipinski definition) is 0. The molecule has 16 heavy (non-hydrogen) atoms. The van der Waals surface area contributed by atoms with Crippen molar-refractivity contribution in [3.8, 4) is 11.5 Å². The van der Waals surface area contributed by atoms with Crippen molar-refractivity contribution in [2.45, 2.75) is 13.0 Å². The summed E-state index contributed by atoms with van der Waals surface area (Å²) >= 11 is 0. The number of rotatable bonds is 2. The van der Waals surface area contributed by atoms with E-state index in [1.807, 2.05) is 0 Å². The van der Waals surface area contributed by atoms with E-state index in [0.717, 1.165) is 0 Å². The molecule has 0 saturated heterocycles. The van der Waals surface area contributed by atoms with Crippen LogP contribution in [0.5, 0.6) is 11.5 Å². The number of ether oxygens (including phenoxy) is 3. The van der Waals surface area contributed by atoms with Gasteiger partial charge in [0, 0.05) is 0 Å². The third-order valence-electron chi connectivity index (χ3n) is 2.13. The van der Waals surface area contributed by atoms with Crippen LogP contribution in [0.15, 0.2) is 18.2 Å². The van der Waals surface area contributed by atoms with Gasteiger partial charge in [-0.3, -0.25) is 0 Å². The van der Waals surface area contributed by atoms with Crippen molar-refractivity contribution in [2.24, 2.45) is 0 Å². The molecule has 0 aromatic heterocycles. The molecule has 1 atom stereocenters. The van der Waals surface area contributed by atoms with Crippen LogP contribution < -0.4 is 9.47 Å². The van der Waals surface area contributed by atoms with E-state index in [1.54, 1.807) is 13.0 Å². The van der Waals surface area contributed by atoms with Crippen LogP contribution in [0.25, 0.3) is 0 Å². The molecule has 0 fully saturated rings. The Morgan fingerprint density at radius 3 is 3.19 bits per heavy atom. The zero-order valence-corrected chi connectivity index (χ0v) is 8.73. The Balaban J connectivity index is 2.15. The maximum absolute atomic E-state index is 13.2. The first-order valence-electron chi connectivity index (χ1n) is 4.97. The first-order chi connectivity index (χ1) is 7.72. The highest BCUT2D eigenvalue weighted by Gasteiger charge is 2.29. The first kappa shape index (κ1) is 10.7. The highest BCUT2D eigenvalue weighted by Crippen LogP contribution is 2.34. The lowest BCUT2D eigenvalue weighted by Gasteiger charge is -2.24. The minimum atomic E-state index is -0.825. The van der Waals surface area contributed by atoms with Gasteiger partial charge in [-0.15, -0.1) is 0 Å². The number of benzene rings is 1. The van der Waals surface area contributed by atoms with Gasteiger partial charge in [-0.1, -0.05) is 6.07 Å². The molecule has 1 aromatic rings. The molecular formula is C11H11FO4. The van der Waals surface area contributed by atoms with E-state index in [4.69, 9.17) is 14.2 Å². The van der Waals surface area contributed by atoms with Crippen molar-refractivity contribution in [1.29, 1.82) is 0 Å². The van der Waals surface area contributed by atoms with E-state index in [0.29, 0.717) is 0 Å². The topological polar surface area (TPSA) is 44.8 Å². The summed E-state index contributed by atoms with van der Waals surface area (Å²) in [5.41, 5.74) is 0. The zero-order chi connectivity index (χ0) is 11.5. The lowest BCUT2D eigenvalue weighted by atomic mass is 10.2. The quantitative estimate of drug-likeness (QED) is 0.717. The van der Waals surface area contributed by atoms with E-state index in [2.05, 4.69) is 0 Å². The number of carbonyl (C=O) groups excluding carboxylic acids is 1. The van der Waals surface area contributed by atoms with E-state index >= 15 is 0 Å². The fourth-order valence-electron chi connectivity index (χ4n) is 1.42. The van der Waals surface area contributed by atoms with Gasteiger partial charge in [-0.2, -0.15) is 0 Å². The third kappa shape index (κ3) is 1.93. The van der Waals surface area contributed by atoms with Gasteiger partial charge < -0.3 is 14.2 Å². The summed E-state index contributed by atoms with van der Waals surface area (Å²) in [5, 5.41) is 0. The summed E-state index contributed by atoms with van der Waals surface area (Å²) in [6, 6.07) is 4.31. The average Bonchev–Trinajstić information content (AvgIpc) is 2.29. The molecule has 0 radical (unpaired) electrons. The molecule has 0 aliphatic carbocycles. The van der Waals surface area contributed by atoms with Crippen LogP contribution in [0.1, 0.15) is 6.92 Å². The van der Waals surface area contributed by atoms with Crippen LogP contribution in [-0.4, -0.2) is 25.3 Å². The molecule has 1 unspecified atom stereocenters. The second kappa shape index (κ2) is 4.38. The minimum absolute atomic E-state index is 0.0350. The zero-order valence-electron chi connectivity index (χ0n) is 8.73. The summed E-state index contributed by atoms with van der Waals surface area (Å²) in [4.78, 5) is 11.4. The van der Waals surface area contributed by atoms with E-state index < -0.39 is 17.9 Å². The Labute approximate surface area is 91.9 Å². The standard InChI is InChI=1S/C11H11FO4/c1-2-14-11(13)9-6-15-10-7(12)4-3-5-8(10)16-9/h3-5,9H,2,6H2,1H3. The van der Waals surface area contributed by atoms with Gasteiger partial charge in [0.1, 0.15) is 6.61 Å². The molecule has 0 spiro atoms. The maximum atomic E-state index is 13.2.